The molecule has 0 N–H and O–H groups in total. The van der Waals surface area contributed by atoms with Gasteiger partial charge in [-0.25, -0.2) is 4.99 Å². The third kappa shape index (κ3) is 4.03. The molecule has 6 nitrogen and oxygen atoms in total. The van der Waals surface area contributed by atoms with E-state index in [0.717, 1.165) is 31.7 Å². The molecule has 0 spiro atoms. The van der Waals surface area contributed by atoms with Gasteiger partial charge in [-0.05, 0) is 18.0 Å². The summed E-state index contributed by atoms with van der Waals surface area (Å²) in [5, 5.41) is 10.0. The van der Waals surface area contributed by atoms with Gasteiger partial charge in [0.1, 0.15) is 17.4 Å². The molecule has 2 aliphatic heterocycles. The Bertz CT molecular complexity index is 961. The number of carbonyl (C=O) groups is 1. The molecule has 6 heteroatoms. The zero-order valence-electron chi connectivity index (χ0n) is 17.9. The predicted octanol–water partition coefficient (Wildman–Crippen LogP) is 3.45. The highest BCUT2D eigenvalue weighted by Gasteiger charge is 2.43. The first-order valence-electron chi connectivity index (χ1n) is 10.5. The Hall–Kier alpha value is -2.91. The van der Waals surface area contributed by atoms with Gasteiger partial charge in [-0.3, -0.25) is 4.79 Å². The molecule has 0 radical (unpaired) electrons. The van der Waals surface area contributed by atoms with Gasteiger partial charge in [0.25, 0.3) is 0 Å². The molecule has 0 aromatic heterocycles. The van der Waals surface area contributed by atoms with Crippen molar-refractivity contribution in [2.45, 2.75) is 32.6 Å². The van der Waals surface area contributed by atoms with Crippen molar-refractivity contribution in [3.05, 3.63) is 58.7 Å². The number of carbonyl (C=O) groups excluding carboxylic acids is 1. The molecule has 1 atom stereocenters. The van der Waals surface area contributed by atoms with E-state index < -0.39 is 5.92 Å². The van der Waals surface area contributed by atoms with Gasteiger partial charge < -0.3 is 14.5 Å². The molecule has 1 fully saturated rings. The number of aliphatic imine (C=N–C) groups is 1. The van der Waals surface area contributed by atoms with Crippen LogP contribution in [0.4, 0.5) is 0 Å². The molecular weight excluding hydrogens is 376 g/mol. The quantitative estimate of drug-likeness (QED) is 0.570. The number of nitrogens with zero attached hydrogens (tertiary/aromatic N) is 4. The second-order valence-electron chi connectivity index (χ2n) is 9.14. The monoisotopic (exact) mass is 404 g/mol. The summed E-state index contributed by atoms with van der Waals surface area (Å²) in [4.78, 5) is 22.1. The molecular formula is C24H28N4O2. The number of ketones is 1. The van der Waals surface area contributed by atoms with Crippen LogP contribution in [0.25, 0.3) is 0 Å². The number of benzene rings is 1. The fourth-order valence-electron chi connectivity index (χ4n) is 4.39. The highest BCUT2D eigenvalue weighted by molar-refractivity contribution is 6.00. The summed E-state index contributed by atoms with van der Waals surface area (Å²) >= 11 is 0. The van der Waals surface area contributed by atoms with Gasteiger partial charge in [0.05, 0.1) is 12.3 Å². The smallest absolute Gasteiger partial charge is 0.235 e. The lowest BCUT2D eigenvalue weighted by Gasteiger charge is -2.37. The minimum absolute atomic E-state index is 0.0601. The normalized spacial score (nSPS) is 24.7. The summed E-state index contributed by atoms with van der Waals surface area (Å²) in [6, 6.07) is 12.0. The van der Waals surface area contributed by atoms with Crippen LogP contribution in [-0.4, -0.2) is 55.1 Å². The van der Waals surface area contributed by atoms with E-state index in [9.17, 15) is 10.1 Å². The van der Waals surface area contributed by atoms with Crippen LogP contribution in [0.15, 0.2) is 58.1 Å². The third-order valence-electron chi connectivity index (χ3n) is 6.04. The molecule has 0 unspecified atom stereocenters. The van der Waals surface area contributed by atoms with Crippen LogP contribution in [0.3, 0.4) is 0 Å². The van der Waals surface area contributed by atoms with E-state index in [1.54, 1.807) is 6.34 Å². The first-order chi connectivity index (χ1) is 14.4. The average molecular weight is 405 g/mol. The molecule has 0 bridgehead atoms. The molecule has 156 valence electrons. The van der Waals surface area contributed by atoms with Gasteiger partial charge in [-0.15, -0.1) is 0 Å². The van der Waals surface area contributed by atoms with Crippen LogP contribution in [0.1, 0.15) is 38.2 Å². The number of hydrogen-bond acceptors (Lipinski definition) is 5. The van der Waals surface area contributed by atoms with Gasteiger partial charge in [0.2, 0.25) is 5.88 Å². The van der Waals surface area contributed by atoms with Crippen LogP contribution in [-0.2, 0) is 9.53 Å². The summed E-state index contributed by atoms with van der Waals surface area (Å²) in [5.74, 6) is 0.609. The van der Waals surface area contributed by atoms with Crippen molar-refractivity contribution < 1.29 is 9.53 Å². The van der Waals surface area contributed by atoms with E-state index in [1.165, 1.54) is 0 Å². The van der Waals surface area contributed by atoms with E-state index in [4.69, 9.17) is 4.74 Å². The third-order valence-corrected chi connectivity index (χ3v) is 6.04. The van der Waals surface area contributed by atoms with Crippen molar-refractivity contribution in [3.63, 3.8) is 0 Å². The maximum absolute atomic E-state index is 13.1. The Morgan fingerprint density at radius 1 is 1.17 bits per heavy atom. The maximum Gasteiger partial charge on any atom is 0.235 e. The number of piperazine rings is 1. The van der Waals surface area contributed by atoms with Crippen LogP contribution in [0.5, 0.6) is 0 Å². The number of rotatable bonds is 3. The first-order valence-corrected chi connectivity index (χ1v) is 10.5. The molecule has 1 aromatic rings. The lowest BCUT2D eigenvalue weighted by molar-refractivity contribution is -0.119. The topological polar surface area (TPSA) is 68.9 Å². The summed E-state index contributed by atoms with van der Waals surface area (Å²) in [6.45, 7) is 7.87. The second-order valence-corrected chi connectivity index (χ2v) is 9.14. The lowest BCUT2D eigenvalue weighted by atomic mass is 9.70. The molecule has 4 rings (SSSR count). The zero-order chi connectivity index (χ0) is 21.3. The van der Waals surface area contributed by atoms with Gasteiger partial charge in [0.15, 0.2) is 5.78 Å². The Morgan fingerprint density at radius 3 is 2.53 bits per heavy atom. The maximum atomic E-state index is 13.1. The number of allylic oxidation sites excluding steroid dienone is 3. The molecule has 30 heavy (non-hydrogen) atoms. The van der Waals surface area contributed by atoms with E-state index in [0.29, 0.717) is 35.6 Å². The standard InChI is InChI=1S/C24H28N4O2/c1-24(2)13-19(29)22-20(14-24)30-23(26-16-28-11-9-27(3)10-12-28)18(15-25)21(22)17-7-5-4-6-8-17/h4-8,16,21H,9-14H2,1-3H3/t21-/m0/s1. The van der Waals surface area contributed by atoms with Crippen molar-refractivity contribution >= 4 is 12.1 Å². The molecule has 1 aromatic carbocycles. The fourth-order valence-corrected chi connectivity index (χ4v) is 4.39. The number of nitriles is 1. The Morgan fingerprint density at radius 2 is 1.87 bits per heavy atom. The summed E-state index contributed by atoms with van der Waals surface area (Å²) in [5.41, 5.74) is 1.77. The molecule has 1 saturated heterocycles. The summed E-state index contributed by atoms with van der Waals surface area (Å²) in [6.07, 6.45) is 2.89. The van der Waals surface area contributed by atoms with E-state index in [1.807, 2.05) is 30.3 Å². The predicted molar refractivity (Wildman–Crippen MR) is 116 cm³/mol. The minimum Gasteiger partial charge on any atom is -0.442 e. The van der Waals surface area contributed by atoms with Crippen molar-refractivity contribution in [2.24, 2.45) is 10.4 Å². The first kappa shape index (κ1) is 20.4. The number of Topliss-reactive ketones (excluding diaryl/α,β-unsaturated/α-hetero) is 1. The number of hydrogen-bond donors (Lipinski definition) is 0. The van der Waals surface area contributed by atoms with Crippen molar-refractivity contribution in [1.82, 2.24) is 9.80 Å². The minimum atomic E-state index is -0.428. The van der Waals surface area contributed by atoms with E-state index in [2.05, 4.69) is 41.8 Å². The Labute approximate surface area is 178 Å². The summed E-state index contributed by atoms with van der Waals surface area (Å²) in [7, 11) is 2.11. The van der Waals surface area contributed by atoms with Gasteiger partial charge >= 0.3 is 0 Å². The van der Waals surface area contributed by atoms with Crippen LogP contribution in [0.2, 0.25) is 0 Å². The van der Waals surface area contributed by atoms with Crippen LogP contribution >= 0.6 is 0 Å². The van der Waals surface area contributed by atoms with Crippen molar-refractivity contribution in [2.75, 3.05) is 33.2 Å². The SMILES string of the molecule is CN1CCN(C=NC2=C(C#N)[C@H](c3ccccc3)C3=C(CC(C)(C)CC3=O)O2)CC1. The lowest BCUT2D eigenvalue weighted by Crippen LogP contribution is -2.43. The molecule has 0 amide bonds. The van der Waals surface area contributed by atoms with Crippen LogP contribution < -0.4 is 0 Å². The zero-order valence-corrected chi connectivity index (χ0v) is 17.9. The largest absolute Gasteiger partial charge is 0.442 e. The number of likely N-dealkylation sites (N-methyl/N-ethyl adjacent to an activating group) is 1. The molecule has 1 aliphatic carbocycles. The molecule has 0 saturated carbocycles. The Balaban J connectivity index is 1.74. The van der Waals surface area contributed by atoms with Crippen molar-refractivity contribution in [3.8, 4) is 6.07 Å². The van der Waals surface area contributed by atoms with E-state index in [-0.39, 0.29) is 11.2 Å². The van der Waals surface area contributed by atoms with E-state index >= 15 is 0 Å². The fraction of sp³-hybridized carbons (Fsp3) is 0.458. The molecule has 3 aliphatic rings. The second kappa shape index (κ2) is 8.08. The van der Waals surface area contributed by atoms with Crippen LogP contribution in [0, 0.1) is 16.7 Å². The summed E-state index contributed by atoms with van der Waals surface area (Å²) < 4.78 is 6.14. The van der Waals surface area contributed by atoms with Gasteiger partial charge in [-0.1, -0.05) is 44.2 Å². The number of ether oxygens (including phenoxy) is 1. The van der Waals surface area contributed by atoms with Crippen molar-refractivity contribution in [1.29, 1.82) is 5.26 Å². The highest BCUT2D eigenvalue weighted by atomic mass is 16.5. The highest BCUT2D eigenvalue weighted by Crippen LogP contribution is 2.48. The average Bonchev–Trinajstić information content (AvgIpc) is 2.72. The molecule has 2 heterocycles. The van der Waals surface area contributed by atoms with Gasteiger partial charge in [0, 0.05) is 44.6 Å². The van der Waals surface area contributed by atoms with Gasteiger partial charge in [-0.2, -0.15) is 5.26 Å². The Kier molecular flexibility index (Phi) is 5.48.